The monoisotopic (exact) mass is 491 g/mol. The van der Waals surface area contributed by atoms with Crippen LogP contribution in [-0.4, -0.2) is 46.5 Å². The molecule has 12 nitrogen and oxygen atoms in total. The molecule has 0 amide bonds. The highest BCUT2D eigenvalue weighted by Gasteiger charge is 2.42. The van der Waals surface area contributed by atoms with Crippen molar-refractivity contribution in [2.45, 2.75) is 24.8 Å². The molecule has 1 aromatic heterocycles. The van der Waals surface area contributed by atoms with Gasteiger partial charge in [0.2, 0.25) is 12.7 Å². The molecular formula is C24H21N5O7. The van der Waals surface area contributed by atoms with Crippen LogP contribution >= 0.6 is 0 Å². The number of ketones is 1. The smallest absolute Gasteiger partial charge is 0.279 e. The number of allylic oxidation sites excluding steroid dienone is 2. The Morgan fingerprint density at radius 2 is 1.89 bits per heavy atom. The van der Waals surface area contributed by atoms with E-state index in [0.29, 0.717) is 40.9 Å². The second kappa shape index (κ2) is 8.26. The zero-order valence-electron chi connectivity index (χ0n) is 19.4. The number of nitrogens with zero attached hydrogens (tertiary/aromatic N) is 4. The predicted molar refractivity (Wildman–Crippen MR) is 125 cm³/mol. The first-order valence-electron chi connectivity index (χ1n) is 11.2. The van der Waals surface area contributed by atoms with Crippen LogP contribution in [0.1, 0.15) is 35.9 Å². The number of ether oxygens (including phenoxy) is 4. The number of rotatable bonds is 5. The van der Waals surface area contributed by atoms with Crippen molar-refractivity contribution >= 4 is 17.4 Å². The minimum absolute atomic E-state index is 0.0311. The second-order valence-corrected chi connectivity index (χ2v) is 8.61. The highest BCUT2D eigenvalue weighted by molar-refractivity contribution is 6.00. The van der Waals surface area contributed by atoms with E-state index in [4.69, 9.17) is 18.9 Å². The zero-order chi connectivity index (χ0) is 25.0. The summed E-state index contributed by atoms with van der Waals surface area (Å²) in [4.78, 5) is 29.5. The number of nitrogens with one attached hydrogen (secondary N) is 1. The molecule has 2 aliphatic heterocycles. The zero-order valence-corrected chi connectivity index (χ0v) is 19.4. The van der Waals surface area contributed by atoms with Crippen molar-refractivity contribution in [1.29, 1.82) is 0 Å². The lowest BCUT2D eigenvalue weighted by atomic mass is 9.77. The largest absolute Gasteiger partial charge is 0.493 e. The number of methoxy groups -OCH3 is 2. The molecule has 12 heteroatoms. The van der Waals surface area contributed by atoms with Gasteiger partial charge in [0, 0.05) is 17.7 Å². The molecule has 3 aliphatic rings. The molecule has 1 N–H and O–H groups in total. The lowest BCUT2D eigenvalue weighted by Gasteiger charge is -2.35. The molecule has 6 rings (SSSR count). The van der Waals surface area contributed by atoms with Gasteiger partial charge in [0.15, 0.2) is 28.8 Å². The summed E-state index contributed by atoms with van der Waals surface area (Å²) in [5, 5.41) is 19.5. The molecule has 2 aromatic carbocycles. The molecule has 0 saturated carbocycles. The quantitative estimate of drug-likeness (QED) is 0.417. The van der Waals surface area contributed by atoms with Gasteiger partial charge in [-0.05, 0) is 36.1 Å². The molecule has 36 heavy (non-hydrogen) atoms. The fraction of sp³-hybridized carbons (Fsp3) is 0.292. The minimum atomic E-state index is -0.840. The third-order valence-corrected chi connectivity index (χ3v) is 6.75. The summed E-state index contributed by atoms with van der Waals surface area (Å²) in [6.45, 7) is -0.0311. The van der Waals surface area contributed by atoms with Gasteiger partial charge in [-0.15, -0.1) is 0 Å². The normalized spacial score (nSPS) is 19.9. The van der Waals surface area contributed by atoms with E-state index in [2.05, 4.69) is 15.4 Å². The number of aromatic nitrogens is 3. The van der Waals surface area contributed by atoms with Gasteiger partial charge in [-0.1, -0.05) is 6.07 Å². The lowest BCUT2D eigenvalue weighted by molar-refractivity contribution is -0.385. The molecule has 0 bridgehead atoms. The van der Waals surface area contributed by atoms with Gasteiger partial charge in [-0.2, -0.15) is 10.1 Å². The summed E-state index contributed by atoms with van der Waals surface area (Å²) >= 11 is 0. The van der Waals surface area contributed by atoms with Crippen LogP contribution in [0.15, 0.2) is 47.9 Å². The standard InChI is InChI=1S/C24H21N5O7/c1-33-18-4-3-12(7-19(18)34-2)13-5-15-22(17(30)6-13)23(28-24(27-15)25-10-26-28)14-8-20-21(36-11-35-20)9-16(14)29(31)32/h3-4,7-10,13,23H,5-6,11H2,1-2H3,(H,25,26,27)/t13-,23-/m0/s1. The Morgan fingerprint density at radius 3 is 2.64 bits per heavy atom. The lowest BCUT2D eigenvalue weighted by Crippen LogP contribution is -2.34. The predicted octanol–water partition coefficient (Wildman–Crippen LogP) is 3.35. The Bertz CT molecular complexity index is 1450. The van der Waals surface area contributed by atoms with Crippen molar-refractivity contribution in [3.05, 3.63) is 69.2 Å². The number of Topliss-reactive ketones (excluding diaryl/α,β-unsaturated/α-hetero) is 1. The summed E-state index contributed by atoms with van der Waals surface area (Å²) in [6.07, 6.45) is 2.07. The van der Waals surface area contributed by atoms with Crippen LogP contribution in [0.2, 0.25) is 0 Å². The number of hydrogen-bond donors (Lipinski definition) is 1. The number of fused-ring (bicyclic) bond motifs is 2. The summed E-state index contributed by atoms with van der Waals surface area (Å²) < 4.78 is 23.1. The maximum absolute atomic E-state index is 13.7. The number of nitro groups is 1. The van der Waals surface area contributed by atoms with Crippen LogP contribution in [0.3, 0.4) is 0 Å². The van der Waals surface area contributed by atoms with E-state index in [1.54, 1.807) is 20.3 Å². The Hall–Kier alpha value is -4.61. The van der Waals surface area contributed by atoms with Gasteiger partial charge in [-0.3, -0.25) is 14.9 Å². The number of carbonyl (C=O) groups excluding carboxylic acids is 1. The first-order valence-corrected chi connectivity index (χ1v) is 11.2. The van der Waals surface area contributed by atoms with E-state index in [0.717, 1.165) is 5.56 Å². The Labute approximate surface area is 204 Å². The molecule has 2 atom stereocenters. The summed E-state index contributed by atoms with van der Waals surface area (Å²) in [7, 11) is 3.13. The summed E-state index contributed by atoms with van der Waals surface area (Å²) in [5.41, 5.74) is 2.10. The number of carbonyl (C=O) groups is 1. The van der Waals surface area contributed by atoms with Crippen LogP contribution in [-0.2, 0) is 4.79 Å². The van der Waals surface area contributed by atoms with Crippen molar-refractivity contribution in [3.8, 4) is 23.0 Å². The average molecular weight is 491 g/mol. The Kier molecular flexibility index (Phi) is 5.02. The average Bonchev–Trinajstić information content (AvgIpc) is 3.54. The first kappa shape index (κ1) is 21.9. The van der Waals surface area contributed by atoms with Crippen LogP contribution in [0, 0.1) is 10.1 Å². The van der Waals surface area contributed by atoms with E-state index in [1.807, 2.05) is 18.2 Å². The first-order chi connectivity index (χ1) is 17.5. The highest BCUT2D eigenvalue weighted by Crippen LogP contribution is 2.49. The third kappa shape index (κ3) is 3.33. The van der Waals surface area contributed by atoms with Crippen molar-refractivity contribution in [2.24, 2.45) is 0 Å². The van der Waals surface area contributed by atoms with E-state index < -0.39 is 11.0 Å². The van der Waals surface area contributed by atoms with Crippen LogP contribution in [0.4, 0.5) is 11.6 Å². The third-order valence-electron chi connectivity index (χ3n) is 6.75. The van der Waals surface area contributed by atoms with Gasteiger partial charge >= 0.3 is 0 Å². The van der Waals surface area contributed by atoms with E-state index in [-0.39, 0.29) is 41.9 Å². The molecule has 184 valence electrons. The van der Waals surface area contributed by atoms with Crippen molar-refractivity contribution in [2.75, 3.05) is 26.3 Å². The van der Waals surface area contributed by atoms with Gasteiger partial charge in [0.05, 0.1) is 30.8 Å². The SMILES string of the molecule is COc1ccc([C@@H]2CC(=O)C3=C(C2)Nc2ncnn2[C@H]3c2cc3c(cc2[N+](=O)[O-])OCO3)cc1OC. The fourth-order valence-corrected chi connectivity index (χ4v) is 5.11. The highest BCUT2D eigenvalue weighted by atomic mass is 16.7. The summed E-state index contributed by atoms with van der Waals surface area (Å²) in [5.74, 6) is 1.97. The van der Waals surface area contributed by atoms with Gasteiger partial charge in [0.1, 0.15) is 12.4 Å². The van der Waals surface area contributed by atoms with Crippen molar-refractivity contribution in [1.82, 2.24) is 14.8 Å². The molecule has 0 unspecified atom stereocenters. The molecule has 0 saturated heterocycles. The van der Waals surface area contributed by atoms with Crippen LogP contribution in [0.25, 0.3) is 0 Å². The number of anilines is 1. The Balaban J connectivity index is 1.46. The molecule has 0 fully saturated rings. The van der Waals surface area contributed by atoms with Gasteiger partial charge in [-0.25, -0.2) is 4.68 Å². The number of benzene rings is 2. The fourth-order valence-electron chi connectivity index (χ4n) is 5.11. The molecular weight excluding hydrogens is 470 g/mol. The molecule has 0 spiro atoms. The number of hydrogen-bond acceptors (Lipinski definition) is 10. The van der Waals surface area contributed by atoms with Crippen molar-refractivity contribution < 1.29 is 28.7 Å². The number of nitro benzene ring substituents is 1. The molecule has 0 radical (unpaired) electrons. The van der Waals surface area contributed by atoms with Gasteiger partial charge < -0.3 is 24.3 Å². The molecule has 3 heterocycles. The van der Waals surface area contributed by atoms with Crippen LogP contribution in [0.5, 0.6) is 23.0 Å². The van der Waals surface area contributed by atoms with E-state index >= 15 is 0 Å². The van der Waals surface area contributed by atoms with Gasteiger partial charge in [0.25, 0.3) is 5.69 Å². The maximum Gasteiger partial charge on any atom is 0.279 e. The maximum atomic E-state index is 13.7. The van der Waals surface area contributed by atoms with Crippen LogP contribution < -0.4 is 24.3 Å². The molecule has 3 aromatic rings. The topological polar surface area (TPSA) is 140 Å². The van der Waals surface area contributed by atoms with E-state index in [1.165, 1.54) is 17.1 Å². The Morgan fingerprint density at radius 1 is 1.11 bits per heavy atom. The second-order valence-electron chi connectivity index (χ2n) is 8.61. The van der Waals surface area contributed by atoms with Crippen molar-refractivity contribution in [3.63, 3.8) is 0 Å². The van der Waals surface area contributed by atoms with E-state index in [9.17, 15) is 14.9 Å². The summed E-state index contributed by atoms with van der Waals surface area (Å²) in [6, 6.07) is 7.64. The minimum Gasteiger partial charge on any atom is -0.493 e. The molecule has 1 aliphatic carbocycles.